The summed E-state index contributed by atoms with van der Waals surface area (Å²) in [5.74, 6) is 0.766. The highest BCUT2D eigenvalue weighted by Crippen LogP contribution is 2.31. The Bertz CT molecular complexity index is 458. The van der Waals surface area contributed by atoms with Crippen LogP contribution in [0.25, 0.3) is 0 Å². The molecule has 96 valence electrons. The Morgan fingerprint density at radius 3 is 2.72 bits per heavy atom. The van der Waals surface area contributed by atoms with Crippen molar-refractivity contribution in [1.82, 2.24) is 0 Å². The zero-order chi connectivity index (χ0) is 13.1. The van der Waals surface area contributed by atoms with Gasteiger partial charge in [0.2, 0.25) is 0 Å². The van der Waals surface area contributed by atoms with Crippen LogP contribution in [0.1, 0.15) is 43.4 Å². The molecule has 1 aromatic carbocycles. The van der Waals surface area contributed by atoms with E-state index in [1.165, 1.54) is 19.3 Å². The fourth-order valence-corrected chi connectivity index (χ4v) is 2.46. The zero-order valence-corrected chi connectivity index (χ0v) is 11.1. The monoisotopic (exact) mass is 244 g/mol. The van der Waals surface area contributed by atoms with E-state index < -0.39 is 6.10 Å². The van der Waals surface area contributed by atoms with Crippen molar-refractivity contribution in [3.05, 3.63) is 29.3 Å². The predicted octanol–water partition coefficient (Wildman–Crippen LogP) is 2.85. The number of nitriles is 1. The highest BCUT2D eigenvalue weighted by atomic mass is 16.3. The average molecular weight is 244 g/mol. The second-order valence-electron chi connectivity index (χ2n) is 5.24. The molecule has 0 saturated heterocycles. The number of aliphatic hydroxyl groups excluding tert-OH is 1. The van der Waals surface area contributed by atoms with Crippen LogP contribution in [-0.2, 0) is 0 Å². The van der Waals surface area contributed by atoms with Gasteiger partial charge in [-0.15, -0.1) is 0 Å². The number of benzene rings is 1. The van der Waals surface area contributed by atoms with Gasteiger partial charge in [-0.25, -0.2) is 0 Å². The molecule has 0 amide bonds. The molecule has 2 rings (SSSR count). The van der Waals surface area contributed by atoms with Crippen LogP contribution in [0.3, 0.4) is 0 Å². The summed E-state index contributed by atoms with van der Waals surface area (Å²) in [5, 5.41) is 18.8. The lowest BCUT2D eigenvalue weighted by Crippen LogP contribution is -2.30. The minimum atomic E-state index is -0.503. The van der Waals surface area contributed by atoms with Gasteiger partial charge in [-0.1, -0.05) is 12.5 Å². The number of nitrogens with zero attached hydrogens (tertiary/aromatic N) is 2. The molecule has 0 heterocycles. The Morgan fingerprint density at radius 2 is 2.22 bits per heavy atom. The summed E-state index contributed by atoms with van der Waals surface area (Å²) in [4.78, 5) is 2.17. The smallest absolute Gasteiger partial charge is 0.0992 e. The second-order valence-corrected chi connectivity index (χ2v) is 5.24. The van der Waals surface area contributed by atoms with Crippen LogP contribution < -0.4 is 4.90 Å². The van der Waals surface area contributed by atoms with Crippen LogP contribution in [0, 0.1) is 17.2 Å². The number of rotatable bonds is 4. The number of aliphatic hydroxyl groups is 1. The van der Waals surface area contributed by atoms with Gasteiger partial charge in [-0.05, 0) is 37.8 Å². The van der Waals surface area contributed by atoms with Crippen molar-refractivity contribution >= 4 is 5.69 Å². The summed E-state index contributed by atoms with van der Waals surface area (Å²) in [7, 11) is 2.04. The lowest BCUT2D eigenvalue weighted by Gasteiger charge is -2.32. The van der Waals surface area contributed by atoms with Gasteiger partial charge in [-0.3, -0.25) is 0 Å². The van der Waals surface area contributed by atoms with Crippen LogP contribution in [0.2, 0.25) is 0 Å². The minimum absolute atomic E-state index is 0.503. The summed E-state index contributed by atoms with van der Waals surface area (Å²) in [5.41, 5.74) is 2.53. The zero-order valence-electron chi connectivity index (χ0n) is 11.1. The molecule has 1 fully saturated rings. The molecule has 1 aromatic rings. The maximum Gasteiger partial charge on any atom is 0.0992 e. The second kappa shape index (κ2) is 5.41. The van der Waals surface area contributed by atoms with Crippen LogP contribution >= 0.6 is 0 Å². The van der Waals surface area contributed by atoms with E-state index >= 15 is 0 Å². The first kappa shape index (κ1) is 12.9. The Kier molecular flexibility index (Phi) is 3.88. The minimum Gasteiger partial charge on any atom is -0.389 e. The Morgan fingerprint density at radius 1 is 1.50 bits per heavy atom. The van der Waals surface area contributed by atoms with Gasteiger partial charge in [-0.2, -0.15) is 5.26 Å². The molecule has 1 N–H and O–H groups in total. The normalized spacial score (nSPS) is 16.8. The molecule has 0 radical (unpaired) electrons. The third-order valence-electron chi connectivity index (χ3n) is 3.78. The van der Waals surface area contributed by atoms with Crippen LogP contribution in [-0.4, -0.2) is 18.7 Å². The Hall–Kier alpha value is -1.53. The topological polar surface area (TPSA) is 47.3 Å². The molecule has 0 spiro atoms. The highest BCUT2D eigenvalue weighted by molar-refractivity contribution is 5.58. The summed E-state index contributed by atoms with van der Waals surface area (Å²) >= 11 is 0. The third-order valence-corrected chi connectivity index (χ3v) is 3.78. The maximum absolute atomic E-state index is 9.81. The summed E-state index contributed by atoms with van der Waals surface area (Å²) < 4.78 is 0. The molecular weight excluding hydrogens is 224 g/mol. The lowest BCUT2D eigenvalue weighted by atomic mass is 9.85. The molecule has 1 atom stereocenters. The van der Waals surface area contributed by atoms with Gasteiger partial charge in [0.05, 0.1) is 17.7 Å². The predicted molar refractivity (Wildman–Crippen MR) is 72.4 cm³/mol. The van der Waals surface area contributed by atoms with Gasteiger partial charge in [0.25, 0.3) is 0 Å². The van der Waals surface area contributed by atoms with Crippen molar-refractivity contribution in [2.24, 2.45) is 5.92 Å². The molecular formula is C15H20N2O. The van der Waals surface area contributed by atoms with Crippen LogP contribution in [0.4, 0.5) is 5.69 Å². The summed E-state index contributed by atoms with van der Waals surface area (Å²) in [6, 6.07) is 7.66. The van der Waals surface area contributed by atoms with Gasteiger partial charge < -0.3 is 10.0 Å². The third kappa shape index (κ3) is 2.65. The largest absolute Gasteiger partial charge is 0.389 e. The van der Waals surface area contributed by atoms with E-state index in [1.807, 2.05) is 19.2 Å². The summed E-state index contributed by atoms with van der Waals surface area (Å²) in [6.07, 6.45) is 3.43. The molecule has 0 aromatic heterocycles. The first-order valence-corrected chi connectivity index (χ1v) is 6.55. The van der Waals surface area contributed by atoms with Crippen molar-refractivity contribution in [2.75, 3.05) is 18.5 Å². The van der Waals surface area contributed by atoms with Gasteiger partial charge in [0.15, 0.2) is 0 Å². The van der Waals surface area contributed by atoms with E-state index in [-0.39, 0.29) is 0 Å². The maximum atomic E-state index is 9.81. The average Bonchev–Trinajstić information content (AvgIpc) is 2.32. The van der Waals surface area contributed by atoms with E-state index in [4.69, 9.17) is 5.26 Å². The first-order chi connectivity index (χ1) is 8.61. The lowest BCUT2D eigenvalue weighted by molar-refractivity contribution is 0.199. The van der Waals surface area contributed by atoms with Crippen LogP contribution in [0.5, 0.6) is 0 Å². The Labute approximate surface area is 109 Å². The van der Waals surface area contributed by atoms with E-state index in [1.54, 1.807) is 13.0 Å². The molecule has 18 heavy (non-hydrogen) atoms. The molecule has 0 aliphatic heterocycles. The Balaban J connectivity index is 2.24. The SMILES string of the molecule is C[C@@H](O)c1ccc(C#N)cc1N(C)CC1CCC1. The van der Waals surface area contributed by atoms with Crippen molar-refractivity contribution < 1.29 is 5.11 Å². The van der Waals surface area contributed by atoms with Gasteiger partial charge in [0.1, 0.15) is 0 Å². The van der Waals surface area contributed by atoms with Crippen molar-refractivity contribution in [3.63, 3.8) is 0 Å². The van der Waals surface area contributed by atoms with Crippen molar-refractivity contribution in [3.8, 4) is 6.07 Å². The van der Waals surface area contributed by atoms with Crippen LogP contribution in [0.15, 0.2) is 18.2 Å². The van der Waals surface area contributed by atoms with E-state index in [0.717, 1.165) is 23.7 Å². The fourth-order valence-electron chi connectivity index (χ4n) is 2.46. The fraction of sp³-hybridized carbons (Fsp3) is 0.533. The molecule has 1 aliphatic rings. The highest BCUT2D eigenvalue weighted by Gasteiger charge is 2.21. The van der Waals surface area contributed by atoms with E-state index in [0.29, 0.717) is 5.56 Å². The molecule has 1 aliphatic carbocycles. The van der Waals surface area contributed by atoms with Crippen molar-refractivity contribution in [1.29, 1.82) is 5.26 Å². The van der Waals surface area contributed by atoms with E-state index in [2.05, 4.69) is 11.0 Å². The van der Waals surface area contributed by atoms with E-state index in [9.17, 15) is 5.11 Å². The number of hydrogen-bond donors (Lipinski definition) is 1. The van der Waals surface area contributed by atoms with Crippen molar-refractivity contribution in [2.45, 2.75) is 32.3 Å². The summed E-state index contributed by atoms with van der Waals surface area (Å²) in [6.45, 7) is 2.77. The standard InChI is InChI=1S/C15H20N2O/c1-11(18)14-7-6-13(9-16)8-15(14)17(2)10-12-4-3-5-12/h6-8,11-12,18H,3-5,10H2,1-2H3/t11-/m1/s1. The number of hydrogen-bond acceptors (Lipinski definition) is 3. The van der Waals surface area contributed by atoms with Gasteiger partial charge in [0, 0.05) is 24.8 Å². The molecule has 3 nitrogen and oxygen atoms in total. The quantitative estimate of drug-likeness (QED) is 0.886. The molecule has 3 heteroatoms. The molecule has 1 saturated carbocycles. The molecule has 0 unspecified atom stereocenters. The number of anilines is 1. The first-order valence-electron chi connectivity index (χ1n) is 6.55. The van der Waals surface area contributed by atoms with Gasteiger partial charge >= 0.3 is 0 Å². The molecule has 0 bridgehead atoms.